The molecule has 0 fully saturated rings. The molecule has 74 heavy (non-hydrogen) atoms. The number of allylic oxidation sites excluding steroid dienone is 15. The Bertz CT molecular complexity index is 1460. The van der Waals surface area contributed by atoms with Gasteiger partial charge in [0.15, 0.2) is 6.10 Å². The van der Waals surface area contributed by atoms with Crippen LogP contribution in [0.3, 0.4) is 0 Å². The summed E-state index contributed by atoms with van der Waals surface area (Å²) >= 11 is 0. The van der Waals surface area contributed by atoms with E-state index in [1.54, 1.807) is 6.08 Å². The molecule has 0 rings (SSSR count). The molecule has 1 atom stereocenters. The minimum absolute atomic E-state index is 0.0951. The Labute approximate surface area is 457 Å². The first-order valence-electron chi connectivity index (χ1n) is 31.2. The topological polar surface area (TPSA) is 78.9 Å². The molecule has 0 heterocycles. The zero-order valence-electron chi connectivity index (χ0n) is 48.6. The Balaban J connectivity index is 4.17. The van der Waals surface area contributed by atoms with Gasteiger partial charge in [0, 0.05) is 12.8 Å². The molecule has 424 valence electrons. The molecule has 0 aromatic carbocycles. The van der Waals surface area contributed by atoms with E-state index in [-0.39, 0.29) is 31.6 Å². The Morgan fingerprint density at radius 1 is 0.297 bits per heavy atom. The molecule has 6 nitrogen and oxygen atoms in total. The van der Waals surface area contributed by atoms with Crippen molar-refractivity contribution < 1.29 is 28.6 Å². The molecule has 0 radical (unpaired) electrons. The molecule has 0 aliphatic carbocycles. The van der Waals surface area contributed by atoms with E-state index in [1.807, 2.05) is 6.08 Å². The second-order valence-electron chi connectivity index (χ2n) is 20.6. The van der Waals surface area contributed by atoms with Crippen LogP contribution in [0.25, 0.3) is 0 Å². The third-order valence-corrected chi connectivity index (χ3v) is 13.3. The highest BCUT2D eigenvalue weighted by Crippen LogP contribution is 2.16. The van der Waals surface area contributed by atoms with Gasteiger partial charge in [0.2, 0.25) is 0 Å². The summed E-state index contributed by atoms with van der Waals surface area (Å²) in [6.07, 6.45) is 83.3. The number of esters is 3. The molecule has 0 amide bonds. The van der Waals surface area contributed by atoms with Crippen molar-refractivity contribution in [2.24, 2.45) is 0 Å². The third-order valence-electron chi connectivity index (χ3n) is 13.3. The Hall–Kier alpha value is -3.67. The maximum absolute atomic E-state index is 12.8. The number of hydrogen-bond acceptors (Lipinski definition) is 6. The van der Waals surface area contributed by atoms with Crippen LogP contribution in [-0.4, -0.2) is 37.2 Å². The van der Waals surface area contributed by atoms with Crippen molar-refractivity contribution in [1.82, 2.24) is 0 Å². The molecule has 0 N–H and O–H groups in total. The van der Waals surface area contributed by atoms with Gasteiger partial charge in [0.05, 0.1) is 6.42 Å². The van der Waals surface area contributed by atoms with Gasteiger partial charge in [0.1, 0.15) is 13.2 Å². The van der Waals surface area contributed by atoms with E-state index >= 15 is 0 Å². The van der Waals surface area contributed by atoms with Crippen LogP contribution in [0.4, 0.5) is 0 Å². The van der Waals surface area contributed by atoms with Crippen molar-refractivity contribution >= 4 is 17.9 Å². The normalized spacial score (nSPS) is 12.7. The Morgan fingerprint density at radius 3 is 0.959 bits per heavy atom. The largest absolute Gasteiger partial charge is 0.462 e. The lowest BCUT2D eigenvalue weighted by atomic mass is 10.0. The van der Waals surface area contributed by atoms with Gasteiger partial charge in [-0.1, -0.05) is 279 Å². The van der Waals surface area contributed by atoms with Crippen LogP contribution in [0, 0.1) is 0 Å². The summed E-state index contributed by atoms with van der Waals surface area (Å²) in [5.74, 6) is -1.05. The molecule has 0 aliphatic heterocycles. The van der Waals surface area contributed by atoms with E-state index in [0.717, 1.165) is 96.3 Å². The van der Waals surface area contributed by atoms with Gasteiger partial charge in [-0.25, -0.2) is 0 Å². The van der Waals surface area contributed by atoms with Crippen LogP contribution >= 0.6 is 0 Å². The summed E-state index contributed by atoms with van der Waals surface area (Å²) < 4.78 is 16.7. The summed E-state index contributed by atoms with van der Waals surface area (Å²) in [7, 11) is 0. The van der Waals surface area contributed by atoms with Crippen LogP contribution in [0.5, 0.6) is 0 Å². The van der Waals surface area contributed by atoms with Crippen molar-refractivity contribution in [3.8, 4) is 0 Å². The second kappa shape index (κ2) is 61.9. The van der Waals surface area contributed by atoms with E-state index < -0.39 is 12.1 Å². The average Bonchev–Trinajstić information content (AvgIpc) is 3.40. The fourth-order valence-corrected chi connectivity index (χ4v) is 8.67. The van der Waals surface area contributed by atoms with Crippen LogP contribution in [0.2, 0.25) is 0 Å². The average molecular weight is 1030 g/mol. The zero-order valence-corrected chi connectivity index (χ0v) is 48.6. The smallest absolute Gasteiger partial charge is 0.310 e. The first kappa shape index (κ1) is 70.3. The van der Waals surface area contributed by atoms with Gasteiger partial charge in [0.25, 0.3) is 0 Å². The van der Waals surface area contributed by atoms with E-state index in [2.05, 4.69) is 106 Å². The lowest BCUT2D eigenvalue weighted by Gasteiger charge is -2.18. The number of carbonyl (C=O) groups is 3. The molecule has 0 aliphatic rings. The van der Waals surface area contributed by atoms with Crippen molar-refractivity contribution in [3.63, 3.8) is 0 Å². The predicted molar refractivity (Wildman–Crippen MR) is 320 cm³/mol. The van der Waals surface area contributed by atoms with Crippen LogP contribution < -0.4 is 0 Å². The van der Waals surface area contributed by atoms with Gasteiger partial charge in [-0.3, -0.25) is 14.4 Å². The molecular weight excluding hydrogens is 913 g/mol. The van der Waals surface area contributed by atoms with Crippen LogP contribution in [0.15, 0.2) is 97.2 Å². The van der Waals surface area contributed by atoms with E-state index in [1.165, 1.54) is 161 Å². The predicted octanol–water partition coefficient (Wildman–Crippen LogP) is 21.3. The molecule has 0 saturated heterocycles. The van der Waals surface area contributed by atoms with Gasteiger partial charge in [-0.15, -0.1) is 0 Å². The van der Waals surface area contributed by atoms with Gasteiger partial charge < -0.3 is 14.2 Å². The van der Waals surface area contributed by atoms with E-state index in [4.69, 9.17) is 14.2 Å². The highest BCUT2D eigenvalue weighted by Gasteiger charge is 2.19. The lowest BCUT2D eigenvalue weighted by Crippen LogP contribution is -2.30. The summed E-state index contributed by atoms with van der Waals surface area (Å²) in [6, 6.07) is 0. The van der Waals surface area contributed by atoms with E-state index in [9.17, 15) is 14.4 Å². The molecular formula is C68H116O6. The Kier molecular flexibility index (Phi) is 58.8. The number of ether oxygens (including phenoxy) is 3. The quantitative estimate of drug-likeness (QED) is 0.0261. The van der Waals surface area contributed by atoms with Crippen molar-refractivity contribution in [2.45, 2.75) is 303 Å². The molecule has 0 aromatic rings. The summed E-state index contributed by atoms with van der Waals surface area (Å²) in [6.45, 7) is 6.37. The minimum Gasteiger partial charge on any atom is -0.462 e. The molecule has 1 unspecified atom stereocenters. The SMILES string of the molecule is CC/C=C\C/C=C\C/C=C\C/C=C\C/C=C\CC(=O)OC(COC(=O)CCCCCCC/C=C\CCC)COC(=O)CCCCCCCCCCCCCCCCCCCCC/C=C\C/C=C\CCCCCCC. The van der Waals surface area contributed by atoms with Crippen molar-refractivity contribution in [2.75, 3.05) is 13.2 Å². The number of carbonyl (C=O) groups excluding carboxylic acids is 3. The van der Waals surface area contributed by atoms with Crippen molar-refractivity contribution in [1.29, 1.82) is 0 Å². The second-order valence-corrected chi connectivity index (χ2v) is 20.6. The van der Waals surface area contributed by atoms with Gasteiger partial charge in [-0.05, 0) is 96.3 Å². The first-order valence-corrected chi connectivity index (χ1v) is 31.2. The fourth-order valence-electron chi connectivity index (χ4n) is 8.67. The van der Waals surface area contributed by atoms with Crippen LogP contribution in [-0.2, 0) is 28.6 Å². The standard InChI is InChI=1S/C68H116O6/c1-4-7-10-13-16-19-22-24-26-27-28-29-30-31-32-33-34-35-36-37-38-39-40-41-43-44-46-49-52-55-58-61-67(70)73-64-65(63-72-66(69)60-57-54-51-48-21-18-15-12-9-6-3)74-68(71)62-59-56-53-50-47-45-42-25-23-20-17-14-11-8-5-2/h8,11-12,15,17,20,22,24-25,27-28,42,47,50,56,59,65H,4-7,9-10,13-14,16,18-19,21,23,26,29-41,43-46,48-49,51-55,57-58,60-64H2,1-3H3/b11-8-,15-12-,20-17-,24-22-,28-27-,42-25-,50-47-,59-56-. The van der Waals surface area contributed by atoms with Crippen molar-refractivity contribution in [3.05, 3.63) is 97.2 Å². The van der Waals surface area contributed by atoms with Gasteiger partial charge in [-0.2, -0.15) is 0 Å². The zero-order chi connectivity index (χ0) is 53.6. The molecule has 0 aromatic heterocycles. The summed E-state index contributed by atoms with van der Waals surface area (Å²) in [5.41, 5.74) is 0. The maximum Gasteiger partial charge on any atom is 0.310 e. The maximum atomic E-state index is 12.8. The highest BCUT2D eigenvalue weighted by molar-refractivity contribution is 5.72. The molecule has 0 spiro atoms. The van der Waals surface area contributed by atoms with Gasteiger partial charge >= 0.3 is 17.9 Å². The summed E-state index contributed by atoms with van der Waals surface area (Å²) in [4.78, 5) is 38.0. The molecule has 0 bridgehead atoms. The molecule has 6 heteroatoms. The summed E-state index contributed by atoms with van der Waals surface area (Å²) in [5, 5.41) is 0. The number of hydrogen-bond donors (Lipinski definition) is 0. The lowest BCUT2D eigenvalue weighted by molar-refractivity contribution is -0.166. The monoisotopic (exact) mass is 1030 g/mol. The minimum atomic E-state index is -0.834. The number of unbranched alkanes of at least 4 members (excludes halogenated alkanes) is 30. The third kappa shape index (κ3) is 59.2. The van der Waals surface area contributed by atoms with E-state index in [0.29, 0.717) is 12.8 Å². The first-order chi connectivity index (χ1) is 36.5. The highest BCUT2D eigenvalue weighted by atomic mass is 16.6. The molecule has 0 saturated carbocycles. The Morgan fingerprint density at radius 2 is 0.595 bits per heavy atom. The van der Waals surface area contributed by atoms with Crippen LogP contribution in [0.1, 0.15) is 297 Å². The fraction of sp³-hybridized carbons (Fsp3) is 0.721. The number of rotatable bonds is 56.